The number of nitrogens with zero attached hydrogens (tertiary/aromatic N) is 3. The Balaban J connectivity index is 1.76. The van der Waals surface area contributed by atoms with E-state index in [4.69, 9.17) is 11.6 Å². The summed E-state index contributed by atoms with van der Waals surface area (Å²) in [6, 6.07) is 8.59. The van der Waals surface area contributed by atoms with Crippen LogP contribution in [-0.2, 0) is 0 Å². The quantitative estimate of drug-likeness (QED) is 0.620. The highest BCUT2D eigenvalue weighted by Gasteiger charge is 2.23. The second kappa shape index (κ2) is 5.92. The first-order chi connectivity index (χ1) is 9.75. The van der Waals surface area contributed by atoms with Crippen LogP contribution < -0.4 is 9.80 Å². The van der Waals surface area contributed by atoms with Gasteiger partial charge in [-0.25, -0.2) is 0 Å². The summed E-state index contributed by atoms with van der Waals surface area (Å²) in [4.78, 5) is 17.7. The maximum absolute atomic E-state index is 11.2. The molecule has 108 valence electrons. The number of hydrogen-bond acceptors (Lipinski definition) is 3. The van der Waals surface area contributed by atoms with Crippen LogP contribution in [0.2, 0.25) is 0 Å². The number of anilines is 2. The molecule has 20 heavy (non-hydrogen) atoms. The highest BCUT2D eigenvalue weighted by molar-refractivity contribution is 6.62. The van der Waals surface area contributed by atoms with Gasteiger partial charge in [-0.15, -0.1) is 0 Å². The van der Waals surface area contributed by atoms with Gasteiger partial charge in [0.15, 0.2) is 0 Å². The number of benzene rings is 1. The molecule has 0 aliphatic carbocycles. The molecule has 5 heteroatoms. The minimum absolute atomic E-state index is 0.336. The molecule has 0 unspecified atom stereocenters. The fraction of sp³-hybridized carbons (Fsp3) is 0.533. The molecule has 0 spiro atoms. The van der Waals surface area contributed by atoms with Crippen molar-refractivity contribution in [1.29, 1.82) is 0 Å². The Morgan fingerprint density at radius 1 is 0.850 bits per heavy atom. The van der Waals surface area contributed by atoms with E-state index in [1.54, 1.807) is 4.90 Å². The zero-order valence-electron chi connectivity index (χ0n) is 11.6. The summed E-state index contributed by atoms with van der Waals surface area (Å²) in [6.45, 7) is 5.41. The highest BCUT2D eigenvalue weighted by atomic mass is 35.5. The molecule has 4 nitrogen and oxygen atoms in total. The molecule has 2 aliphatic heterocycles. The molecule has 0 aromatic heterocycles. The molecule has 2 fully saturated rings. The largest absolute Gasteiger partial charge is 0.370 e. The first kappa shape index (κ1) is 13.6. The molecule has 1 amide bonds. The molecule has 2 heterocycles. The van der Waals surface area contributed by atoms with E-state index < -0.39 is 0 Å². The van der Waals surface area contributed by atoms with Gasteiger partial charge in [0, 0.05) is 39.3 Å². The number of carbonyl (C=O) groups is 1. The monoisotopic (exact) mass is 293 g/mol. The SMILES string of the molecule is O=C(Cl)N1CCN(c2ccccc2N2CCCC2)CC1. The third-order valence-electron chi connectivity index (χ3n) is 4.20. The van der Waals surface area contributed by atoms with Crippen LogP contribution >= 0.6 is 11.6 Å². The minimum atomic E-state index is -0.336. The number of halogens is 1. The predicted octanol–water partition coefficient (Wildman–Crippen LogP) is 2.77. The van der Waals surface area contributed by atoms with Crippen molar-refractivity contribution >= 4 is 28.3 Å². The first-order valence-corrected chi connectivity index (χ1v) is 7.67. The van der Waals surface area contributed by atoms with Gasteiger partial charge >= 0.3 is 5.37 Å². The molecule has 0 atom stereocenters. The van der Waals surface area contributed by atoms with Crippen LogP contribution in [0, 0.1) is 0 Å². The number of piperazine rings is 1. The van der Waals surface area contributed by atoms with Crippen LogP contribution in [0.3, 0.4) is 0 Å². The van der Waals surface area contributed by atoms with E-state index in [1.165, 1.54) is 24.2 Å². The summed E-state index contributed by atoms with van der Waals surface area (Å²) < 4.78 is 0. The molecule has 1 aromatic carbocycles. The van der Waals surface area contributed by atoms with E-state index in [0.717, 1.165) is 26.2 Å². The van der Waals surface area contributed by atoms with E-state index >= 15 is 0 Å². The smallest absolute Gasteiger partial charge is 0.316 e. The number of para-hydroxylation sites is 2. The van der Waals surface area contributed by atoms with Crippen LogP contribution in [0.15, 0.2) is 24.3 Å². The zero-order valence-corrected chi connectivity index (χ0v) is 12.4. The lowest BCUT2D eigenvalue weighted by atomic mass is 10.2. The van der Waals surface area contributed by atoms with E-state index in [0.29, 0.717) is 13.1 Å². The van der Waals surface area contributed by atoms with Gasteiger partial charge in [-0.2, -0.15) is 0 Å². The Bertz CT molecular complexity index is 480. The van der Waals surface area contributed by atoms with Gasteiger partial charge in [0.25, 0.3) is 0 Å². The molecule has 2 aliphatic rings. The predicted molar refractivity (Wildman–Crippen MR) is 82.9 cm³/mol. The Morgan fingerprint density at radius 3 is 1.85 bits per heavy atom. The van der Waals surface area contributed by atoms with Crippen molar-refractivity contribution in [2.24, 2.45) is 0 Å². The molecule has 0 N–H and O–H groups in total. The van der Waals surface area contributed by atoms with Gasteiger partial charge < -0.3 is 14.7 Å². The molecular formula is C15H20ClN3O. The van der Waals surface area contributed by atoms with Crippen molar-refractivity contribution < 1.29 is 4.79 Å². The lowest BCUT2D eigenvalue weighted by Crippen LogP contribution is -2.47. The summed E-state index contributed by atoms with van der Waals surface area (Å²) in [7, 11) is 0. The summed E-state index contributed by atoms with van der Waals surface area (Å²) in [5.74, 6) is 0. The van der Waals surface area contributed by atoms with Crippen LogP contribution in [-0.4, -0.2) is 49.5 Å². The van der Waals surface area contributed by atoms with Crippen molar-refractivity contribution in [2.45, 2.75) is 12.8 Å². The second-order valence-electron chi connectivity index (χ2n) is 5.41. The lowest BCUT2D eigenvalue weighted by Gasteiger charge is -2.37. The summed E-state index contributed by atoms with van der Waals surface area (Å²) >= 11 is 5.55. The van der Waals surface area contributed by atoms with E-state index in [9.17, 15) is 4.79 Å². The summed E-state index contributed by atoms with van der Waals surface area (Å²) in [5.41, 5.74) is 2.62. The molecule has 0 saturated carbocycles. The Labute approximate surface area is 124 Å². The first-order valence-electron chi connectivity index (χ1n) is 7.29. The maximum Gasteiger partial charge on any atom is 0.316 e. The number of hydrogen-bond donors (Lipinski definition) is 0. The third-order valence-corrected chi connectivity index (χ3v) is 4.44. The Morgan fingerprint density at radius 2 is 1.35 bits per heavy atom. The van der Waals surface area contributed by atoms with Crippen LogP contribution in [0.1, 0.15) is 12.8 Å². The number of amides is 1. The Hall–Kier alpha value is -1.42. The van der Waals surface area contributed by atoms with Gasteiger partial charge in [-0.3, -0.25) is 4.79 Å². The van der Waals surface area contributed by atoms with Crippen LogP contribution in [0.25, 0.3) is 0 Å². The minimum Gasteiger partial charge on any atom is -0.370 e. The standard InChI is InChI=1S/C15H20ClN3O/c16-15(20)19-11-9-18(10-12-19)14-6-2-1-5-13(14)17-7-3-4-8-17/h1-2,5-6H,3-4,7-12H2. The number of carbonyl (C=O) groups excluding carboxylic acids is 1. The number of rotatable bonds is 2. The van der Waals surface area contributed by atoms with Crippen molar-refractivity contribution in [3.8, 4) is 0 Å². The van der Waals surface area contributed by atoms with Crippen molar-refractivity contribution in [2.75, 3.05) is 49.1 Å². The van der Waals surface area contributed by atoms with Gasteiger partial charge in [0.05, 0.1) is 11.4 Å². The van der Waals surface area contributed by atoms with Gasteiger partial charge in [-0.1, -0.05) is 12.1 Å². The molecule has 1 aromatic rings. The van der Waals surface area contributed by atoms with E-state index in [1.807, 2.05) is 0 Å². The normalized spacial score (nSPS) is 19.6. The average molecular weight is 294 g/mol. The molecule has 2 saturated heterocycles. The van der Waals surface area contributed by atoms with Crippen LogP contribution in [0.4, 0.5) is 16.2 Å². The Kier molecular flexibility index (Phi) is 4.01. The fourth-order valence-corrected chi connectivity index (χ4v) is 3.25. The van der Waals surface area contributed by atoms with Crippen LogP contribution in [0.5, 0.6) is 0 Å². The summed E-state index contributed by atoms with van der Waals surface area (Å²) in [6.07, 6.45) is 2.56. The lowest BCUT2D eigenvalue weighted by molar-refractivity contribution is 0.218. The molecular weight excluding hydrogens is 274 g/mol. The van der Waals surface area contributed by atoms with E-state index in [-0.39, 0.29) is 5.37 Å². The van der Waals surface area contributed by atoms with Gasteiger partial charge in [0.2, 0.25) is 0 Å². The summed E-state index contributed by atoms with van der Waals surface area (Å²) in [5, 5.41) is -0.336. The molecule has 0 radical (unpaired) electrons. The van der Waals surface area contributed by atoms with E-state index in [2.05, 4.69) is 34.1 Å². The van der Waals surface area contributed by atoms with Crippen molar-refractivity contribution in [3.05, 3.63) is 24.3 Å². The van der Waals surface area contributed by atoms with Gasteiger partial charge in [0.1, 0.15) is 0 Å². The zero-order chi connectivity index (χ0) is 13.9. The van der Waals surface area contributed by atoms with Crippen molar-refractivity contribution in [1.82, 2.24) is 4.90 Å². The topological polar surface area (TPSA) is 26.8 Å². The second-order valence-corrected chi connectivity index (χ2v) is 5.73. The fourth-order valence-electron chi connectivity index (χ4n) is 3.08. The van der Waals surface area contributed by atoms with Gasteiger partial charge in [-0.05, 0) is 36.6 Å². The van der Waals surface area contributed by atoms with Crippen molar-refractivity contribution in [3.63, 3.8) is 0 Å². The average Bonchev–Trinajstić information content (AvgIpc) is 3.01. The molecule has 0 bridgehead atoms. The third kappa shape index (κ3) is 2.70. The molecule has 3 rings (SSSR count). The highest BCUT2D eigenvalue weighted by Crippen LogP contribution is 2.32. The maximum atomic E-state index is 11.2.